The van der Waals surface area contributed by atoms with Crippen molar-refractivity contribution in [2.24, 2.45) is 0 Å². The average Bonchev–Trinajstić information content (AvgIpc) is 3.23. The highest BCUT2D eigenvalue weighted by Crippen LogP contribution is 2.31. The fourth-order valence-corrected chi connectivity index (χ4v) is 3.99. The monoisotopic (exact) mass is 473 g/mol. The van der Waals surface area contributed by atoms with Gasteiger partial charge in [-0.3, -0.25) is 14.7 Å². The number of fused-ring (bicyclic) bond motifs is 1. The normalized spacial score (nSPS) is 13.8. The number of carbonyl (C=O) groups is 2. The summed E-state index contributed by atoms with van der Waals surface area (Å²) in [4.78, 5) is 31.1. The summed E-state index contributed by atoms with van der Waals surface area (Å²) in [6.07, 6.45) is 2.83. The van der Waals surface area contributed by atoms with Gasteiger partial charge >= 0.3 is 5.97 Å². The fraction of sp³-hybridized carbons (Fsp3) is 0.321. The van der Waals surface area contributed by atoms with Crippen molar-refractivity contribution >= 4 is 17.6 Å². The summed E-state index contributed by atoms with van der Waals surface area (Å²) < 4.78 is 12.1. The van der Waals surface area contributed by atoms with Crippen molar-refractivity contribution in [1.29, 1.82) is 0 Å². The van der Waals surface area contributed by atoms with Crippen LogP contribution >= 0.6 is 0 Å². The van der Waals surface area contributed by atoms with E-state index < -0.39 is 12.1 Å². The lowest BCUT2D eigenvalue weighted by Gasteiger charge is -2.38. The lowest BCUT2D eigenvalue weighted by molar-refractivity contribution is -0.115. The number of nitrogens with zero attached hydrogens (tertiary/aromatic N) is 2. The minimum absolute atomic E-state index is 0.0580. The van der Waals surface area contributed by atoms with Crippen LogP contribution in [0.25, 0.3) is 0 Å². The molecule has 0 fully saturated rings. The SMILES string of the molecule is CC(C)(C)N(Cc1ccccc1)CC(COc1cccc2c1CC(=O)N2)OC(=O)c1cccnc1. The third-order valence-electron chi connectivity index (χ3n) is 5.93. The summed E-state index contributed by atoms with van der Waals surface area (Å²) in [6.45, 7) is 7.73. The number of esters is 1. The van der Waals surface area contributed by atoms with E-state index >= 15 is 0 Å². The summed E-state index contributed by atoms with van der Waals surface area (Å²) in [5, 5.41) is 2.84. The molecule has 7 nitrogen and oxygen atoms in total. The van der Waals surface area contributed by atoms with Gasteiger partial charge in [0.1, 0.15) is 18.5 Å². The zero-order valence-electron chi connectivity index (χ0n) is 20.4. The zero-order chi connectivity index (χ0) is 24.8. The minimum Gasteiger partial charge on any atom is -0.489 e. The van der Waals surface area contributed by atoms with Gasteiger partial charge in [0.05, 0.1) is 12.0 Å². The van der Waals surface area contributed by atoms with Crippen molar-refractivity contribution in [3.8, 4) is 5.75 Å². The van der Waals surface area contributed by atoms with Crippen molar-refractivity contribution in [2.75, 3.05) is 18.5 Å². The quantitative estimate of drug-likeness (QED) is 0.462. The maximum atomic E-state index is 12.9. The Labute approximate surface area is 206 Å². The van der Waals surface area contributed by atoms with Crippen LogP contribution in [0.2, 0.25) is 0 Å². The number of hydrogen-bond acceptors (Lipinski definition) is 6. The Hall–Kier alpha value is -3.71. The lowest BCUT2D eigenvalue weighted by atomic mass is 10.0. The highest BCUT2D eigenvalue weighted by molar-refractivity contribution is 6.00. The van der Waals surface area contributed by atoms with Crippen molar-refractivity contribution in [1.82, 2.24) is 9.88 Å². The molecule has 1 aromatic heterocycles. The van der Waals surface area contributed by atoms with Crippen molar-refractivity contribution in [2.45, 2.75) is 45.4 Å². The number of amides is 1. The Morgan fingerprint density at radius 2 is 1.89 bits per heavy atom. The number of ether oxygens (including phenoxy) is 2. The number of benzene rings is 2. The molecule has 182 valence electrons. The molecule has 1 N–H and O–H groups in total. The maximum Gasteiger partial charge on any atom is 0.340 e. The molecule has 2 heterocycles. The molecule has 3 aromatic rings. The Morgan fingerprint density at radius 1 is 1.09 bits per heavy atom. The number of rotatable bonds is 9. The number of anilines is 1. The molecule has 0 bridgehead atoms. The second kappa shape index (κ2) is 10.7. The fourth-order valence-electron chi connectivity index (χ4n) is 3.99. The molecule has 1 aliphatic heterocycles. The van der Waals surface area contributed by atoms with Gasteiger partial charge in [-0.15, -0.1) is 0 Å². The van der Waals surface area contributed by atoms with E-state index in [1.165, 1.54) is 11.8 Å². The minimum atomic E-state index is -0.549. The summed E-state index contributed by atoms with van der Waals surface area (Å²) in [5.74, 6) is 0.112. The Balaban J connectivity index is 1.54. The summed E-state index contributed by atoms with van der Waals surface area (Å²) in [6, 6.07) is 19.1. The van der Waals surface area contributed by atoms with E-state index in [1.54, 1.807) is 18.3 Å². The first kappa shape index (κ1) is 24.4. The molecule has 0 saturated heterocycles. The van der Waals surface area contributed by atoms with Crippen LogP contribution < -0.4 is 10.1 Å². The first-order chi connectivity index (χ1) is 16.8. The topological polar surface area (TPSA) is 80.8 Å². The van der Waals surface area contributed by atoms with Gasteiger partial charge in [0.25, 0.3) is 0 Å². The van der Waals surface area contributed by atoms with Gasteiger partial charge in [-0.05, 0) is 50.6 Å². The van der Waals surface area contributed by atoms with E-state index in [1.807, 2.05) is 36.4 Å². The second-order valence-corrected chi connectivity index (χ2v) is 9.62. The Bertz CT molecular complexity index is 1160. The molecule has 4 rings (SSSR count). The van der Waals surface area contributed by atoms with Gasteiger partial charge in [0.15, 0.2) is 0 Å². The van der Waals surface area contributed by atoms with Crippen LogP contribution in [0.1, 0.15) is 42.3 Å². The molecular formula is C28H31N3O4. The van der Waals surface area contributed by atoms with E-state index in [-0.39, 0.29) is 24.5 Å². The van der Waals surface area contributed by atoms with Gasteiger partial charge < -0.3 is 14.8 Å². The first-order valence-corrected chi connectivity index (χ1v) is 11.7. The second-order valence-electron chi connectivity index (χ2n) is 9.62. The maximum absolute atomic E-state index is 12.9. The molecule has 1 amide bonds. The van der Waals surface area contributed by atoms with E-state index in [9.17, 15) is 9.59 Å². The van der Waals surface area contributed by atoms with Crippen LogP contribution in [0.3, 0.4) is 0 Å². The molecule has 35 heavy (non-hydrogen) atoms. The van der Waals surface area contributed by atoms with E-state index in [0.717, 1.165) is 11.3 Å². The van der Waals surface area contributed by atoms with Crippen LogP contribution in [-0.2, 0) is 22.5 Å². The van der Waals surface area contributed by atoms with Crippen molar-refractivity contribution in [3.05, 3.63) is 89.7 Å². The predicted molar refractivity (Wildman–Crippen MR) is 134 cm³/mol. The summed E-state index contributed by atoms with van der Waals surface area (Å²) >= 11 is 0. The van der Waals surface area contributed by atoms with E-state index in [0.29, 0.717) is 24.4 Å². The Morgan fingerprint density at radius 3 is 2.60 bits per heavy atom. The van der Waals surface area contributed by atoms with Gasteiger partial charge in [-0.1, -0.05) is 36.4 Å². The number of hydrogen-bond donors (Lipinski definition) is 1. The summed E-state index contributed by atoms with van der Waals surface area (Å²) in [7, 11) is 0. The van der Waals surface area contributed by atoms with Crippen LogP contribution in [0, 0.1) is 0 Å². The standard InChI is InChI=1S/C28H31N3O4/c1-28(2,3)31(17-20-9-5-4-6-10-20)18-22(35-27(33)21-11-8-14-29-16-21)19-34-25-13-7-12-24-23(25)15-26(32)30-24/h4-14,16,22H,15,17-19H2,1-3H3,(H,30,32). The van der Waals surface area contributed by atoms with Crippen molar-refractivity contribution in [3.63, 3.8) is 0 Å². The third-order valence-corrected chi connectivity index (χ3v) is 5.93. The number of pyridine rings is 1. The molecule has 2 aromatic carbocycles. The largest absolute Gasteiger partial charge is 0.489 e. The molecule has 0 saturated carbocycles. The van der Waals surface area contributed by atoms with E-state index in [4.69, 9.17) is 9.47 Å². The predicted octanol–water partition coefficient (Wildman–Crippen LogP) is 4.48. The van der Waals surface area contributed by atoms with Gasteiger partial charge in [0, 0.05) is 42.3 Å². The van der Waals surface area contributed by atoms with Crippen LogP contribution in [0.4, 0.5) is 5.69 Å². The van der Waals surface area contributed by atoms with Gasteiger partial charge in [-0.25, -0.2) is 4.79 Å². The van der Waals surface area contributed by atoms with Gasteiger partial charge in [0.2, 0.25) is 5.91 Å². The van der Waals surface area contributed by atoms with E-state index in [2.05, 4.69) is 48.1 Å². The molecule has 0 spiro atoms. The number of carbonyl (C=O) groups excluding carboxylic acids is 2. The smallest absolute Gasteiger partial charge is 0.340 e. The molecule has 1 atom stereocenters. The number of aromatic nitrogens is 1. The average molecular weight is 474 g/mol. The first-order valence-electron chi connectivity index (χ1n) is 11.7. The van der Waals surface area contributed by atoms with Crippen LogP contribution in [0.15, 0.2) is 73.1 Å². The third kappa shape index (κ3) is 6.45. The van der Waals surface area contributed by atoms with Crippen LogP contribution in [-0.4, -0.2) is 46.6 Å². The van der Waals surface area contributed by atoms with Gasteiger partial charge in [-0.2, -0.15) is 0 Å². The molecule has 7 heteroatoms. The zero-order valence-corrected chi connectivity index (χ0v) is 20.4. The molecule has 1 aliphatic rings. The molecule has 0 radical (unpaired) electrons. The molecule has 1 unspecified atom stereocenters. The highest BCUT2D eigenvalue weighted by Gasteiger charge is 2.28. The Kier molecular flexibility index (Phi) is 7.46. The lowest BCUT2D eigenvalue weighted by Crippen LogP contribution is -2.47. The van der Waals surface area contributed by atoms with Crippen LogP contribution in [0.5, 0.6) is 5.75 Å². The number of nitrogens with one attached hydrogen (secondary N) is 1. The molecule has 0 aliphatic carbocycles. The highest BCUT2D eigenvalue weighted by atomic mass is 16.6. The van der Waals surface area contributed by atoms with Crippen molar-refractivity contribution < 1.29 is 19.1 Å². The molecular weight excluding hydrogens is 442 g/mol. The summed E-state index contributed by atoms with van der Waals surface area (Å²) in [5.41, 5.74) is 2.96.